The van der Waals surface area contributed by atoms with Gasteiger partial charge in [0.15, 0.2) is 0 Å². The quantitative estimate of drug-likeness (QED) is 0.929. The minimum atomic E-state index is -0.616. The monoisotopic (exact) mass is 269 g/mol. The molecule has 0 unspecified atom stereocenters. The summed E-state index contributed by atoms with van der Waals surface area (Å²) in [6.07, 6.45) is 0. The fraction of sp³-hybridized carbons (Fsp3) is 0.0667. The van der Waals surface area contributed by atoms with Gasteiger partial charge in [0, 0.05) is 6.54 Å². The van der Waals surface area contributed by atoms with Gasteiger partial charge in [0.25, 0.3) is 0 Å². The van der Waals surface area contributed by atoms with Gasteiger partial charge in [-0.05, 0) is 35.9 Å². The van der Waals surface area contributed by atoms with E-state index in [9.17, 15) is 8.78 Å². The normalized spacial score (nSPS) is 9.60. The van der Waals surface area contributed by atoms with Crippen molar-refractivity contribution >= 4 is 5.69 Å². The Kier molecular flexibility index (Phi) is 3.93. The van der Waals surface area contributed by atoms with Crippen molar-refractivity contribution in [2.45, 2.75) is 6.54 Å². The third kappa shape index (κ3) is 2.90. The van der Waals surface area contributed by atoms with Crippen molar-refractivity contribution < 1.29 is 8.78 Å². The number of hydrogen-bond acceptors (Lipinski definition) is 3. The maximum absolute atomic E-state index is 13.4. The zero-order chi connectivity index (χ0) is 14.5. The second-order valence-electron chi connectivity index (χ2n) is 4.09. The van der Waals surface area contributed by atoms with Gasteiger partial charge in [0.05, 0.1) is 17.3 Å². The Morgan fingerprint density at radius 2 is 1.85 bits per heavy atom. The Hall–Kier alpha value is -2.92. The highest BCUT2D eigenvalue weighted by Gasteiger charge is 2.07. The van der Waals surface area contributed by atoms with E-state index in [0.717, 1.165) is 6.07 Å². The lowest BCUT2D eigenvalue weighted by Crippen LogP contribution is -2.03. The molecule has 2 aromatic rings. The molecule has 2 aromatic carbocycles. The SMILES string of the molecule is N#Cc1cc(F)cc(CNc2cccc(F)c2C#N)c1. The third-order valence-electron chi connectivity index (χ3n) is 2.70. The van der Waals surface area contributed by atoms with Gasteiger partial charge in [0.2, 0.25) is 0 Å². The molecule has 0 amide bonds. The first-order chi connectivity index (χ1) is 9.63. The van der Waals surface area contributed by atoms with Crippen LogP contribution in [0.5, 0.6) is 0 Å². The Balaban J connectivity index is 2.22. The molecule has 0 aliphatic carbocycles. The molecule has 0 aliphatic heterocycles. The lowest BCUT2D eigenvalue weighted by molar-refractivity contribution is 0.623. The van der Waals surface area contributed by atoms with Crippen LogP contribution in [0.3, 0.4) is 0 Å². The molecule has 0 fully saturated rings. The molecule has 0 spiro atoms. The second-order valence-corrected chi connectivity index (χ2v) is 4.09. The largest absolute Gasteiger partial charge is 0.380 e. The van der Waals surface area contributed by atoms with E-state index in [1.165, 1.54) is 24.3 Å². The molecule has 0 heterocycles. The van der Waals surface area contributed by atoms with Crippen LogP contribution >= 0.6 is 0 Å². The molecule has 0 atom stereocenters. The van der Waals surface area contributed by atoms with E-state index in [1.54, 1.807) is 12.1 Å². The first-order valence-corrected chi connectivity index (χ1v) is 5.76. The van der Waals surface area contributed by atoms with Gasteiger partial charge in [-0.2, -0.15) is 10.5 Å². The van der Waals surface area contributed by atoms with Crippen LogP contribution in [-0.2, 0) is 6.54 Å². The molecular weight excluding hydrogens is 260 g/mol. The Bertz CT molecular complexity index is 727. The van der Waals surface area contributed by atoms with Gasteiger partial charge < -0.3 is 5.32 Å². The molecule has 98 valence electrons. The number of benzene rings is 2. The van der Waals surface area contributed by atoms with E-state index in [1.807, 2.05) is 6.07 Å². The molecule has 0 aromatic heterocycles. The summed E-state index contributed by atoms with van der Waals surface area (Å²) in [7, 11) is 0. The predicted molar refractivity (Wildman–Crippen MR) is 69.6 cm³/mol. The van der Waals surface area contributed by atoms with Crippen LogP contribution in [0.15, 0.2) is 36.4 Å². The highest BCUT2D eigenvalue weighted by molar-refractivity contribution is 5.58. The minimum Gasteiger partial charge on any atom is -0.380 e. The van der Waals surface area contributed by atoms with Crippen LogP contribution in [0.1, 0.15) is 16.7 Å². The van der Waals surface area contributed by atoms with Crippen LogP contribution in [0.2, 0.25) is 0 Å². The fourth-order valence-corrected chi connectivity index (χ4v) is 1.80. The smallest absolute Gasteiger partial charge is 0.143 e. The summed E-state index contributed by atoms with van der Waals surface area (Å²) in [6, 6.07) is 11.8. The third-order valence-corrected chi connectivity index (χ3v) is 2.70. The number of anilines is 1. The highest BCUT2D eigenvalue weighted by Crippen LogP contribution is 2.19. The van der Waals surface area contributed by atoms with Gasteiger partial charge in [-0.15, -0.1) is 0 Å². The standard InChI is InChI=1S/C15H9F2N3/c16-12-5-10(7-18)4-11(6-12)9-20-15-3-1-2-14(17)13(15)8-19/h1-6,20H,9H2. The zero-order valence-corrected chi connectivity index (χ0v) is 10.3. The van der Waals surface area contributed by atoms with Crippen molar-refractivity contribution in [3.8, 4) is 12.1 Å². The zero-order valence-electron chi connectivity index (χ0n) is 10.3. The van der Waals surface area contributed by atoms with Crippen LogP contribution in [0, 0.1) is 34.3 Å². The van der Waals surface area contributed by atoms with Crippen LogP contribution in [-0.4, -0.2) is 0 Å². The van der Waals surface area contributed by atoms with Crippen LogP contribution in [0.4, 0.5) is 14.5 Å². The predicted octanol–water partition coefficient (Wildman–Crippen LogP) is 3.32. The highest BCUT2D eigenvalue weighted by atomic mass is 19.1. The maximum atomic E-state index is 13.4. The molecule has 1 N–H and O–H groups in total. The summed E-state index contributed by atoms with van der Waals surface area (Å²) in [5, 5.41) is 20.5. The average Bonchev–Trinajstić information content (AvgIpc) is 2.44. The van der Waals surface area contributed by atoms with Gasteiger partial charge in [-0.25, -0.2) is 8.78 Å². The van der Waals surface area contributed by atoms with E-state index >= 15 is 0 Å². The van der Waals surface area contributed by atoms with Crippen LogP contribution in [0.25, 0.3) is 0 Å². The first kappa shape index (κ1) is 13.5. The van der Waals surface area contributed by atoms with Gasteiger partial charge >= 0.3 is 0 Å². The first-order valence-electron chi connectivity index (χ1n) is 5.76. The van der Waals surface area contributed by atoms with Gasteiger partial charge in [-0.1, -0.05) is 6.07 Å². The number of rotatable bonds is 3. The van der Waals surface area contributed by atoms with E-state index in [2.05, 4.69) is 5.32 Å². The van der Waals surface area contributed by atoms with Crippen molar-refractivity contribution in [1.82, 2.24) is 0 Å². The topological polar surface area (TPSA) is 59.6 Å². The summed E-state index contributed by atoms with van der Waals surface area (Å²) in [5.41, 5.74) is 0.982. The molecule has 2 rings (SSSR count). The molecule has 20 heavy (non-hydrogen) atoms. The number of nitrogens with zero attached hydrogens (tertiary/aromatic N) is 2. The molecule has 5 heteroatoms. The Morgan fingerprint density at radius 1 is 1.05 bits per heavy atom. The van der Waals surface area contributed by atoms with Crippen molar-refractivity contribution in [3.05, 3.63) is 64.7 Å². The number of nitrogens with one attached hydrogen (secondary N) is 1. The molecule has 0 aliphatic rings. The summed E-state index contributed by atoms with van der Waals surface area (Å²) >= 11 is 0. The number of halogens is 2. The summed E-state index contributed by atoms with van der Waals surface area (Å²) < 4.78 is 26.7. The summed E-state index contributed by atoms with van der Waals surface area (Å²) in [4.78, 5) is 0. The summed E-state index contributed by atoms with van der Waals surface area (Å²) in [6.45, 7) is 0.185. The fourth-order valence-electron chi connectivity index (χ4n) is 1.80. The van der Waals surface area contributed by atoms with E-state index in [-0.39, 0.29) is 17.7 Å². The molecular formula is C15H9F2N3. The molecule has 0 saturated carbocycles. The van der Waals surface area contributed by atoms with Crippen molar-refractivity contribution in [3.63, 3.8) is 0 Å². The van der Waals surface area contributed by atoms with E-state index in [0.29, 0.717) is 11.3 Å². The van der Waals surface area contributed by atoms with E-state index in [4.69, 9.17) is 10.5 Å². The molecule has 3 nitrogen and oxygen atoms in total. The second kappa shape index (κ2) is 5.81. The minimum absolute atomic E-state index is 0.0931. The van der Waals surface area contributed by atoms with Gasteiger partial charge in [-0.3, -0.25) is 0 Å². The van der Waals surface area contributed by atoms with E-state index < -0.39 is 11.6 Å². The molecule has 0 saturated heterocycles. The molecule has 0 bridgehead atoms. The number of hydrogen-bond donors (Lipinski definition) is 1. The van der Waals surface area contributed by atoms with Crippen LogP contribution < -0.4 is 5.32 Å². The number of nitriles is 2. The van der Waals surface area contributed by atoms with Crippen molar-refractivity contribution in [2.24, 2.45) is 0 Å². The van der Waals surface area contributed by atoms with Gasteiger partial charge in [0.1, 0.15) is 23.3 Å². The average molecular weight is 269 g/mol. The lowest BCUT2D eigenvalue weighted by atomic mass is 10.1. The summed E-state index contributed by atoms with van der Waals surface area (Å²) in [5.74, 6) is -1.13. The lowest BCUT2D eigenvalue weighted by Gasteiger charge is -2.09. The molecule has 0 radical (unpaired) electrons. The Morgan fingerprint density at radius 3 is 2.55 bits per heavy atom. The maximum Gasteiger partial charge on any atom is 0.143 e. The Labute approximate surface area is 114 Å². The van der Waals surface area contributed by atoms with Crippen molar-refractivity contribution in [2.75, 3.05) is 5.32 Å². The van der Waals surface area contributed by atoms with Crippen molar-refractivity contribution in [1.29, 1.82) is 10.5 Å².